The molecule has 0 saturated carbocycles. The number of carbonyl (C=O) groups is 2. The van der Waals surface area contributed by atoms with E-state index in [1.807, 2.05) is 21.1 Å². The molecule has 0 aliphatic heterocycles. The van der Waals surface area contributed by atoms with Crippen LogP contribution >= 0.6 is 7.82 Å². The highest BCUT2D eigenvalue weighted by Gasteiger charge is 2.27. The minimum absolute atomic E-state index is 0.0163. The van der Waals surface area contributed by atoms with Crippen molar-refractivity contribution in [3.05, 3.63) is 146 Å². The number of phosphoric ester groups is 1. The van der Waals surface area contributed by atoms with Crippen molar-refractivity contribution in [2.45, 2.75) is 200 Å². The van der Waals surface area contributed by atoms with Gasteiger partial charge in [-0.2, -0.15) is 0 Å². The van der Waals surface area contributed by atoms with Crippen LogP contribution in [0.1, 0.15) is 194 Å². The van der Waals surface area contributed by atoms with Crippen LogP contribution in [0.15, 0.2) is 146 Å². The number of likely N-dealkylation sites (N-methyl/N-ethyl adjacent to an activating group) is 1. The Balaban J connectivity index is 4.31. The van der Waals surface area contributed by atoms with E-state index in [1.165, 1.54) is 25.7 Å². The summed E-state index contributed by atoms with van der Waals surface area (Å²) < 4.78 is 34.5. The van der Waals surface area contributed by atoms with Gasteiger partial charge in [-0.15, -0.1) is 0 Å². The van der Waals surface area contributed by atoms with Crippen LogP contribution in [-0.4, -0.2) is 74.9 Å². The lowest BCUT2D eigenvalue weighted by atomic mass is 10.1. The molecule has 10 heteroatoms. The Morgan fingerprint density at radius 2 is 0.730 bits per heavy atom. The Hall–Kier alpha value is -4.11. The van der Waals surface area contributed by atoms with Crippen LogP contribution in [0.25, 0.3) is 0 Å². The molecule has 0 aromatic heterocycles. The summed E-state index contributed by atoms with van der Waals surface area (Å²) in [5.41, 5.74) is 0. The Morgan fingerprint density at radius 1 is 0.419 bits per heavy atom. The summed E-state index contributed by atoms with van der Waals surface area (Å²) in [6.07, 6.45) is 79.0. The maximum Gasteiger partial charge on any atom is 0.472 e. The summed E-state index contributed by atoms with van der Waals surface area (Å²) in [4.78, 5) is 35.7. The molecule has 0 fully saturated rings. The van der Waals surface area contributed by atoms with E-state index in [2.05, 4.69) is 160 Å². The molecule has 0 spiro atoms. The van der Waals surface area contributed by atoms with Gasteiger partial charge in [-0.1, -0.05) is 211 Å². The fourth-order valence-corrected chi connectivity index (χ4v) is 7.76. The lowest BCUT2D eigenvalue weighted by Crippen LogP contribution is -2.37. The number of rotatable bonds is 50. The summed E-state index contributed by atoms with van der Waals surface area (Å²) in [5.74, 6) is -0.849. The molecule has 0 amide bonds. The van der Waals surface area contributed by atoms with Crippen molar-refractivity contribution in [3.8, 4) is 0 Å². The third-order valence-corrected chi connectivity index (χ3v) is 12.3. The number of esters is 2. The lowest BCUT2D eigenvalue weighted by Gasteiger charge is -2.24. The van der Waals surface area contributed by atoms with Crippen molar-refractivity contribution >= 4 is 19.8 Å². The fourth-order valence-electron chi connectivity index (χ4n) is 7.02. The molecule has 0 bridgehead atoms. The van der Waals surface area contributed by atoms with Gasteiger partial charge in [-0.05, 0) is 116 Å². The maximum absolute atomic E-state index is 12.8. The van der Waals surface area contributed by atoms with Crippen molar-refractivity contribution in [1.29, 1.82) is 0 Å². The van der Waals surface area contributed by atoms with Crippen LogP contribution in [0.2, 0.25) is 0 Å². The van der Waals surface area contributed by atoms with Gasteiger partial charge in [0.25, 0.3) is 0 Å². The first-order valence-corrected chi connectivity index (χ1v) is 30.1. The number of hydrogen-bond donors (Lipinski definition) is 1. The topological polar surface area (TPSA) is 108 Å². The van der Waals surface area contributed by atoms with Crippen molar-refractivity contribution in [1.82, 2.24) is 0 Å². The van der Waals surface area contributed by atoms with E-state index in [0.717, 1.165) is 128 Å². The van der Waals surface area contributed by atoms with Crippen LogP contribution in [0.5, 0.6) is 0 Å². The number of unbranched alkanes of at least 4 members (excludes halogenated alkanes) is 12. The zero-order valence-electron chi connectivity index (χ0n) is 47.3. The van der Waals surface area contributed by atoms with Crippen LogP contribution in [-0.2, 0) is 32.7 Å². The minimum Gasteiger partial charge on any atom is -0.462 e. The average Bonchev–Trinajstić information content (AvgIpc) is 3.36. The molecule has 0 radical (unpaired) electrons. The van der Waals surface area contributed by atoms with E-state index in [0.29, 0.717) is 23.9 Å². The predicted octanol–water partition coefficient (Wildman–Crippen LogP) is 17.9. The molecule has 0 saturated heterocycles. The Kier molecular flexibility index (Phi) is 50.7. The van der Waals surface area contributed by atoms with Gasteiger partial charge in [-0.25, -0.2) is 4.57 Å². The summed E-state index contributed by atoms with van der Waals surface area (Å²) in [5, 5.41) is 0. The number of allylic oxidation sites excluding steroid dienone is 24. The van der Waals surface area contributed by atoms with Crippen LogP contribution < -0.4 is 0 Å². The Labute approximate surface area is 453 Å². The first-order chi connectivity index (χ1) is 36.0. The molecular weight excluding hydrogens is 942 g/mol. The molecule has 0 heterocycles. The number of nitrogens with zero attached hydrogens (tertiary/aromatic N) is 1. The third-order valence-electron chi connectivity index (χ3n) is 11.4. The number of ether oxygens (including phenoxy) is 2. The van der Waals surface area contributed by atoms with Gasteiger partial charge in [0.2, 0.25) is 0 Å². The minimum atomic E-state index is -4.41. The molecule has 9 nitrogen and oxygen atoms in total. The van der Waals surface area contributed by atoms with Gasteiger partial charge >= 0.3 is 19.8 Å². The highest BCUT2D eigenvalue weighted by atomic mass is 31.2. The molecule has 2 atom stereocenters. The number of quaternary nitrogens is 1. The number of hydrogen-bond acceptors (Lipinski definition) is 7. The molecule has 418 valence electrons. The van der Waals surface area contributed by atoms with Gasteiger partial charge in [0.1, 0.15) is 19.8 Å². The maximum atomic E-state index is 12.8. The van der Waals surface area contributed by atoms with Crippen LogP contribution in [0, 0.1) is 0 Å². The highest BCUT2D eigenvalue weighted by Crippen LogP contribution is 2.43. The van der Waals surface area contributed by atoms with E-state index in [4.69, 9.17) is 18.5 Å². The molecule has 1 N–H and O–H groups in total. The molecule has 0 rings (SSSR count). The monoisotopic (exact) mass is 1050 g/mol. The Morgan fingerprint density at radius 3 is 1.08 bits per heavy atom. The van der Waals surface area contributed by atoms with E-state index < -0.39 is 32.5 Å². The van der Waals surface area contributed by atoms with E-state index >= 15 is 0 Å². The number of phosphoric acid groups is 1. The molecule has 0 aromatic carbocycles. The molecule has 0 aliphatic carbocycles. The summed E-state index contributed by atoms with van der Waals surface area (Å²) in [6.45, 7) is 4.14. The molecular formula is C64H105NO8P+. The summed E-state index contributed by atoms with van der Waals surface area (Å²) >= 11 is 0. The molecule has 0 aliphatic rings. The smallest absolute Gasteiger partial charge is 0.462 e. The van der Waals surface area contributed by atoms with E-state index in [9.17, 15) is 19.0 Å². The second-order valence-corrected chi connectivity index (χ2v) is 21.0. The molecule has 2 unspecified atom stereocenters. The van der Waals surface area contributed by atoms with Crippen LogP contribution in [0.4, 0.5) is 0 Å². The number of carbonyl (C=O) groups excluding carboxylic acids is 2. The normalized spacial score (nSPS) is 14.4. The first-order valence-electron chi connectivity index (χ1n) is 28.6. The fraction of sp³-hybridized carbons (Fsp3) is 0.594. The highest BCUT2D eigenvalue weighted by molar-refractivity contribution is 7.47. The molecule has 74 heavy (non-hydrogen) atoms. The zero-order valence-corrected chi connectivity index (χ0v) is 48.2. The lowest BCUT2D eigenvalue weighted by molar-refractivity contribution is -0.870. The van der Waals surface area contributed by atoms with Crippen molar-refractivity contribution < 1.29 is 42.1 Å². The van der Waals surface area contributed by atoms with Crippen LogP contribution in [0.3, 0.4) is 0 Å². The zero-order chi connectivity index (χ0) is 54.2. The second-order valence-electron chi connectivity index (χ2n) is 19.6. The SMILES string of the molecule is CC/C=C\C/C=C\C/C=C\C/C=C\C/C=C\C/C=C\CCCCCCCCCCC(=O)OC(COC(=O)CCCCCC/C=C\C/C=C\C/C=C\C/C=C\C/C=C\C/C=C\CC)COP(=O)(O)OCC[N+](C)(C)C. The average molecular weight is 1050 g/mol. The summed E-state index contributed by atoms with van der Waals surface area (Å²) in [6, 6.07) is 0. The third kappa shape index (κ3) is 57.2. The van der Waals surface area contributed by atoms with Gasteiger partial charge in [0.05, 0.1) is 27.7 Å². The quantitative estimate of drug-likeness (QED) is 0.0211. The van der Waals surface area contributed by atoms with Gasteiger partial charge < -0.3 is 18.9 Å². The van der Waals surface area contributed by atoms with Crippen molar-refractivity contribution in [2.24, 2.45) is 0 Å². The largest absolute Gasteiger partial charge is 0.472 e. The molecule has 0 aromatic rings. The van der Waals surface area contributed by atoms with E-state index in [1.54, 1.807) is 0 Å². The van der Waals surface area contributed by atoms with E-state index in [-0.39, 0.29) is 26.1 Å². The van der Waals surface area contributed by atoms with Gasteiger partial charge in [-0.3, -0.25) is 18.6 Å². The first kappa shape index (κ1) is 69.9. The van der Waals surface area contributed by atoms with Gasteiger partial charge in [0, 0.05) is 12.8 Å². The Bertz CT molecular complexity index is 1760. The predicted molar refractivity (Wildman–Crippen MR) is 316 cm³/mol. The standard InChI is InChI=1S/C64H104NO8P/c1-6-8-10-12-14-16-18-20-22-24-26-28-30-31-32-33-35-37-39-41-43-45-47-49-51-53-55-57-64(67)73-62(61-72-74(68,69)71-59-58-65(3,4)5)60-70-63(66)56-54-52-50-48-46-44-42-40-38-36-34-29-27-25-23-21-19-17-15-13-11-9-7-2/h8-11,14-17,20-23,26-29,31-32,35-38,42,44,62H,6-7,12-13,18-19,24-25,30,33-34,39-41,43,45-61H2,1-5H3/p+1/b10-8-,11-9-,16-14-,17-15-,22-20-,23-21-,28-26-,29-27-,32-31-,37-35-,38-36-,44-42-. The second kappa shape index (κ2) is 53.7. The summed E-state index contributed by atoms with van der Waals surface area (Å²) in [7, 11) is 1.43. The van der Waals surface area contributed by atoms with Gasteiger partial charge in [0.15, 0.2) is 6.10 Å². The van der Waals surface area contributed by atoms with Crippen molar-refractivity contribution in [3.63, 3.8) is 0 Å². The van der Waals surface area contributed by atoms with Crippen molar-refractivity contribution in [2.75, 3.05) is 47.5 Å².